The summed E-state index contributed by atoms with van der Waals surface area (Å²) in [4.78, 5) is 2.55. The van der Waals surface area contributed by atoms with E-state index >= 15 is 0 Å². The van der Waals surface area contributed by atoms with Crippen molar-refractivity contribution < 1.29 is 4.74 Å². The van der Waals surface area contributed by atoms with Gasteiger partial charge < -0.3 is 10.1 Å². The average molecular weight is 256 g/mol. The predicted octanol–water partition coefficient (Wildman–Crippen LogP) is 2.51. The zero-order valence-electron chi connectivity index (χ0n) is 12.7. The highest BCUT2D eigenvalue weighted by Gasteiger charge is 2.19. The minimum Gasteiger partial charge on any atom is -0.377 e. The van der Waals surface area contributed by atoms with Gasteiger partial charge in [0, 0.05) is 32.3 Å². The lowest BCUT2D eigenvalue weighted by atomic mass is 10.1. The van der Waals surface area contributed by atoms with E-state index in [1.807, 2.05) is 0 Å². The molecule has 1 heterocycles. The smallest absolute Gasteiger partial charge is 0.0702 e. The van der Waals surface area contributed by atoms with Crippen molar-refractivity contribution in [1.82, 2.24) is 10.2 Å². The average Bonchev–Trinajstić information content (AvgIpc) is 2.36. The molecule has 0 radical (unpaired) electrons. The van der Waals surface area contributed by atoms with E-state index in [9.17, 15) is 0 Å². The van der Waals surface area contributed by atoms with Crippen LogP contribution in [0.15, 0.2) is 0 Å². The highest BCUT2D eigenvalue weighted by Crippen LogP contribution is 2.13. The maximum Gasteiger partial charge on any atom is 0.0702 e. The lowest BCUT2D eigenvalue weighted by Gasteiger charge is -2.33. The van der Waals surface area contributed by atoms with Crippen LogP contribution in [0.3, 0.4) is 0 Å². The van der Waals surface area contributed by atoms with Gasteiger partial charge in [-0.15, -0.1) is 0 Å². The summed E-state index contributed by atoms with van der Waals surface area (Å²) in [7, 11) is 0. The van der Waals surface area contributed by atoms with Gasteiger partial charge in [-0.25, -0.2) is 0 Å². The Kier molecular flexibility index (Phi) is 7.87. The van der Waals surface area contributed by atoms with Crippen molar-refractivity contribution in [3.8, 4) is 0 Å². The fraction of sp³-hybridized carbons (Fsp3) is 1.00. The summed E-state index contributed by atoms with van der Waals surface area (Å²) in [5.74, 6) is 0.715. The van der Waals surface area contributed by atoms with Gasteiger partial charge >= 0.3 is 0 Å². The SMILES string of the molecule is CCCOC1CCCN(CCNC(C)C(C)C)C1. The monoisotopic (exact) mass is 256 g/mol. The van der Waals surface area contributed by atoms with Gasteiger partial charge in [0.25, 0.3) is 0 Å². The Morgan fingerprint density at radius 1 is 1.33 bits per heavy atom. The van der Waals surface area contributed by atoms with E-state index in [1.165, 1.54) is 19.4 Å². The largest absolute Gasteiger partial charge is 0.377 e. The number of hydrogen-bond acceptors (Lipinski definition) is 3. The van der Waals surface area contributed by atoms with Crippen LogP contribution in [0.2, 0.25) is 0 Å². The van der Waals surface area contributed by atoms with Crippen LogP contribution in [0, 0.1) is 5.92 Å². The third-order valence-corrected chi connectivity index (χ3v) is 3.91. The number of hydrogen-bond donors (Lipinski definition) is 1. The van der Waals surface area contributed by atoms with Crippen molar-refractivity contribution in [2.45, 2.75) is 59.1 Å². The topological polar surface area (TPSA) is 24.5 Å². The fourth-order valence-corrected chi connectivity index (χ4v) is 2.32. The zero-order valence-corrected chi connectivity index (χ0v) is 12.7. The minimum absolute atomic E-state index is 0.473. The molecular weight excluding hydrogens is 224 g/mol. The molecule has 0 amide bonds. The van der Waals surface area contributed by atoms with Crippen molar-refractivity contribution in [2.75, 3.05) is 32.8 Å². The van der Waals surface area contributed by atoms with Crippen molar-refractivity contribution in [3.05, 3.63) is 0 Å². The molecule has 0 aromatic carbocycles. The van der Waals surface area contributed by atoms with Crippen LogP contribution < -0.4 is 5.32 Å². The molecule has 0 aliphatic carbocycles. The highest BCUT2D eigenvalue weighted by molar-refractivity contribution is 4.74. The summed E-state index contributed by atoms with van der Waals surface area (Å²) >= 11 is 0. The molecule has 0 aromatic heterocycles. The lowest BCUT2D eigenvalue weighted by molar-refractivity contribution is 0.000181. The molecule has 2 unspecified atom stereocenters. The molecule has 0 saturated carbocycles. The van der Waals surface area contributed by atoms with Crippen molar-refractivity contribution in [2.24, 2.45) is 5.92 Å². The second-order valence-corrected chi connectivity index (χ2v) is 5.92. The van der Waals surface area contributed by atoms with E-state index in [0.29, 0.717) is 18.1 Å². The van der Waals surface area contributed by atoms with E-state index in [0.717, 1.165) is 32.7 Å². The first-order chi connectivity index (χ1) is 8.63. The minimum atomic E-state index is 0.473. The van der Waals surface area contributed by atoms with Gasteiger partial charge in [-0.1, -0.05) is 20.8 Å². The van der Waals surface area contributed by atoms with Gasteiger partial charge in [-0.3, -0.25) is 4.90 Å². The molecule has 1 aliphatic rings. The van der Waals surface area contributed by atoms with E-state index in [1.54, 1.807) is 0 Å². The third-order valence-electron chi connectivity index (χ3n) is 3.91. The van der Waals surface area contributed by atoms with E-state index in [4.69, 9.17) is 4.74 Å². The summed E-state index contributed by atoms with van der Waals surface area (Å²) in [6.07, 6.45) is 4.13. The molecule has 1 rings (SSSR count). The van der Waals surface area contributed by atoms with Gasteiger partial charge in [0.05, 0.1) is 6.10 Å². The Labute approximate surface area is 113 Å². The highest BCUT2D eigenvalue weighted by atomic mass is 16.5. The van der Waals surface area contributed by atoms with Crippen LogP contribution in [0.5, 0.6) is 0 Å². The molecule has 1 N–H and O–H groups in total. The summed E-state index contributed by atoms with van der Waals surface area (Å²) < 4.78 is 5.87. The second-order valence-electron chi connectivity index (χ2n) is 5.92. The Hall–Kier alpha value is -0.120. The standard InChI is InChI=1S/C15H32N2O/c1-5-11-18-15-7-6-9-17(12-15)10-8-16-14(4)13(2)3/h13-16H,5-12H2,1-4H3. The van der Waals surface area contributed by atoms with Crippen LogP contribution in [-0.2, 0) is 4.74 Å². The van der Waals surface area contributed by atoms with Crippen LogP contribution in [0.4, 0.5) is 0 Å². The first-order valence-corrected chi connectivity index (χ1v) is 7.70. The molecule has 3 heteroatoms. The Morgan fingerprint density at radius 2 is 2.11 bits per heavy atom. The predicted molar refractivity (Wildman–Crippen MR) is 78.0 cm³/mol. The molecule has 0 spiro atoms. The Balaban J connectivity index is 2.14. The Morgan fingerprint density at radius 3 is 2.78 bits per heavy atom. The van der Waals surface area contributed by atoms with Crippen LogP contribution in [0.1, 0.15) is 47.0 Å². The molecular formula is C15H32N2O. The fourth-order valence-electron chi connectivity index (χ4n) is 2.32. The molecule has 1 fully saturated rings. The van der Waals surface area contributed by atoms with Crippen molar-refractivity contribution in [3.63, 3.8) is 0 Å². The normalized spacial score (nSPS) is 23.5. The van der Waals surface area contributed by atoms with E-state index in [2.05, 4.69) is 37.9 Å². The van der Waals surface area contributed by atoms with Crippen molar-refractivity contribution in [1.29, 1.82) is 0 Å². The maximum absolute atomic E-state index is 5.87. The maximum atomic E-state index is 5.87. The summed E-state index contributed by atoms with van der Waals surface area (Å²) in [6.45, 7) is 14.5. The molecule has 1 aliphatic heterocycles. The molecule has 0 bridgehead atoms. The van der Waals surface area contributed by atoms with Crippen LogP contribution in [-0.4, -0.2) is 49.8 Å². The number of nitrogens with zero attached hydrogens (tertiary/aromatic N) is 1. The molecule has 18 heavy (non-hydrogen) atoms. The summed E-state index contributed by atoms with van der Waals surface area (Å²) in [5, 5.41) is 3.60. The zero-order chi connectivity index (χ0) is 13.4. The lowest BCUT2D eigenvalue weighted by Crippen LogP contribution is -2.44. The van der Waals surface area contributed by atoms with Crippen molar-refractivity contribution >= 4 is 0 Å². The third kappa shape index (κ3) is 6.17. The number of nitrogens with one attached hydrogen (secondary N) is 1. The summed E-state index contributed by atoms with van der Waals surface area (Å²) in [6, 6.07) is 0.613. The van der Waals surface area contributed by atoms with Crippen LogP contribution >= 0.6 is 0 Å². The van der Waals surface area contributed by atoms with Gasteiger partial charge in [-0.2, -0.15) is 0 Å². The number of piperidine rings is 1. The van der Waals surface area contributed by atoms with Gasteiger partial charge in [0.15, 0.2) is 0 Å². The van der Waals surface area contributed by atoms with E-state index in [-0.39, 0.29) is 0 Å². The molecule has 108 valence electrons. The quantitative estimate of drug-likeness (QED) is 0.722. The van der Waals surface area contributed by atoms with Gasteiger partial charge in [-0.05, 0) is 38.6 Å². The van der Waals surface area contributed by atoms with E-state index < -0.39 is 0 Å². The number of ether oxygens (including phenoxy) is 1. The summed E-state index contributed by atoms with van der Waals surface area (Å²) in [5.41, 5.74) is 0. The Bertz CT molecular complexity index is 209. The second kappa shape index (κ2) is 8.89. The number of likely N-dealkylation sites (tertiary alicyclic amines) is 1. The first kappa shape index (κ1) is 15.9. The van der Waals surface area contributed by atoms with Gasteiger partial charge in [0.1, 0.15) is 0 Å². The molecule has 3 nitrogen and oxygen atoms in total. The van der Waals surface area contributed by atoms with Crippen LogP contribution in [0.25, 0.3) is 0 Å². The first-order valence-electron chi connectivity index (χ1n) is 7.70. The molecule has 1 saturated heterocycles. The molecule has 2 atom stereocenters. The van der Waals surface area contributed by atoms with Gasteiger partial charge in [0.2, 0.25) is 0 Å². The molecule has 0 aromatic rings. The number of rotatable bonds is 8.